The highest BCUT2D eigenvalue weighted by Gasteiger charge is 2.28. The number of nitrogen functional groups attached to an aromatic ring is 1. The molecule has 18 heavy (non-hydrogen) atoms. The standard InChI is InChI=1S/C15H22N2O/c1-15(2)7-4-8-17(11-15)14(18)10-12-5-3-6-13(16)9-12/h3,5-6,9H,4,7-8,10-11,16H2,1-2H3. The molecule has 1 saturated heterocycles. The average Bonchev–Trinajstić information content (AvgIpc) is 2.27. The van der Waals surface area contributed by atoms with E-state index < -0.39 is 0 Å². The summed E-state index contributed by atoms with van der Waals surface area (Å²) >= 11 is 0. The largest absolute Gasteiger partial charge is 0.399 e. The van der Waals surface area contributed by atoms with Gasteiger partial charge in [0.05, 0.1) is 6.42 Å². The summed E-state index contributed by atoms with van der Waals surface area (Å²) in [4.78, 5) is 14.2. The Morgan fingerprint density at radius 2 is 2.22 bits per heavy atom. The molecule has 1 aromatic carbocycles. The van der Waals surface area contributed by atoms with Crippen LogP contribution in [0, 0.1) is 5.41 Å². The van der Waals surface area contributed by atoms with Crippen molar-refractivity contribution in [1.29, 1.82) is 0 Å². The lowest BCUT2D eigenvalue weighted by Gasteiger charge is -2.38. The van der Waals surface area contributed by atoms with Gasteiger partial charge < -0.3 is 10.6 Å². The first-order chi connectivity index (χ1) is 8.46. The van der Waals surface area contributed by atoms with E-state index in [1.807, 2.05) is 29.2 Å². The molecule has 1 fully saturated rings. The summed E-state index contributed by atoms with van der Waals surface area (Å²) in [7, 11) is 0. The number of carbonyl (C=O) groups excluding carboxylic acids is 1. The number of nitrogens with zero attached hydrogens (tertiary/aromatic N) is 1. The topological polar surface area (TPSA) is 46.3 Å². The van der Waals surface area contributed by atoms with E-state index in [2.05, 4.69) is 13.8 Å². The first-order valence-corrected chi connectivity index (χ1v) is 6.58. The van der Waals surface area contributed by atoms with E-state index >= 15 is 0 Å². The molecule has 0 radical (unpaired) electrons. The number of amides is 1. The highest BCUT2D eigenvalue weighted by Crippen LogP contribution is 2.28. The third kappa shape index (κ3) is 3.25. The van der Waals surface area contributed by atoms with Crippen LogP contribution in [0.25, 0.3) is 0 Å². The summed E-state index contributed by atoms with van der Waals surface area (Å²) < 4.78 is 0. The molecule has 98 valence electrons. The van der Waals surface area contributed by atoms with Crippen molar-refractivity contribution in [3.63, 3.8) is 0 Å². The zero-order valence-corrected chi connectivity index (χ0v) is 11.3. The Bertz CT molecular complexity index is 440. The minimum absolute atomic E-state index is 0.216. The molecule has 1 heterocycles. The van der Waals surface area contributed by atoms with Gasteiger partial charge in [-0.3, -0.25) is 4.79 Å². The van der Waals surface area contributed by atoms with Crippen LogP contribution >= 0.6 is 0 Å². The summed E-state index contributed by atoms with van der Waals surface area (Å²) in [6.07, 6.45) is 2.77. The Labute approximate surface area is 109 Å². The SMILES string of the molecule is CC1(C)CCCN(C(=O)Cc2cccc(N)c2)C1. The monoisotopic (exact) mass is 246 g/mol. The molecular formula is C15H22N2O. The molecule has 0 unspecified atom stereocenters. The number of likely N-dealkylation sites (tertiary alicyclic amines) is 1. The molecule has 0 atom stereocenters. The lowest BCUT2D eigenvalue weighted by atomic mass is 9.84. The van der Waals surface area contributed by atoms with Crippen molar-refractivity contribution in [3.8, 4) is 0 Å². The maximum absolute atomic E-state index is 12.3. The molecule has 1 aliphatic rings. The number of hydrogen-bond donors (Lipinski definition) is 1. The molecule has 2 rings (SSSR count). The summed E-state index contributed by atoms with van der Waals surface area (Å²) in [5, 5.41) is 0. The van der Waals surface area contributed by atoms with Crippen molar-refractivity contribution in [2.45, 2.75) is 33.1 Å². The maximum atomic E-state index is 12.3. The molecule has 0 aromatic heterocycles. The summed E-state index contributed by atoms with van der Waals surface area (Å²) in [6.45, 7) is 6.22. The van der Waals surface area contributed by atoms with Crippen molar-refractivity contribution >= 4 is 11.6 Å². The molecule has 0 aliphatic carbocycles. The third-order valence-electron chi connectivity index (χ3n) is 3.56. The van der Waals surface area contributed by atoms with Crippen LogP contribution < -0.4 is 5.73 Å². The van der Waals surface area contributed by atoms with Crippen LogP contribution in [0.15, 0.2) is 24.3 Å². The van der Waals surface area contributed by atoms with Gasteiger partial charge in [0.2, 0.25) is 5.91 Å². The molecule has 3 heteroatoms. The molecule has 2 N–H and O–H groups in total. The molecule has 1 amide bonds. The zero-order chi connectivity index (χ0) is 13.2. The van der Waals surface area contributed by atoms with Crippen molar-refractivity contribution < 1.29 is 4.79 Å². The molecule has 3 nitrogen and oxygen atoms in total. The average molecular weight is 246 g/mol. The number of benzene rings is 1. The van der Waals surface area contributed by atoms with Crippen LogP contribution in [-0.4, -0.2) is 23.9 Å². The van der Waals surface area contributed by atoms with E-state index in [1.54, 1.807) is 0 Å². The van der Waals surface area contributed by atoms with Gasteiger partial charge in [0, 0.05) is 18.8 Å². The molecular weight excluding hydrogens is 224 g/mol. The summed E-state index contributed by atoms with van der Waals surface area (Å²) in [5.41, 5.74) is 7.71. The van der Waals surface area contributed by atoms with Gasteiger partial charge in [-0.1, -0.05) is 26.0 Å². The Hall–Kier alpha value is -1.51. The number of carbonyl (C=O) groups is 1. The second kappa shape index (κ2) is 5.01. The predicted octanol–water partition coefficient (Wildman–Crippen LogP) is 2.46. The van der Waals surface area contributed by atoms with Gasteiger partial charge in [-0.15, -0.1) is 0 Å². The minimum atomic E-state index is 0.216. The van der Waals surface area contributed by atoms with Crippen molar-refractivity contribution in [1.82, 2.24) is 4.90 Å². The Kier molecular flexibility index (Phi) is 3.60. The van der Waals surface area contributed by atoms with Crippen molar-refractivity contribution in [2.24, 2.45) is 5.41 Å². The first kappa shape index (κ1) is 12.9. The van der Waals surface area contributed by atoms with Crippen LogP contribution in [0.4, 0.5) is 5.69 Å². The van der Waals surface area contributed by atoms with Gasteiger partial charge >= 0.3 is 0 Å². The van der Waals surface area contributed by atoms with E-state index in [0.29, 0.717) is 6.42 Å². The van der Waals surface area contributed by atoms with E-state index in [4.69, 9.17) is 5.73 Å². The van der Waals surface area contributed by atoms with E-state index in [0.717, 1.165) is 30.8 Å². The second-order valence-corrected chi connectivity index (χ2v) is 6.00. The molecule has 1 aliphatic heterocycles. The second-order valence-electron chi connectivity index (χ2n) is 6.00. The minimum Gasteiger partial charge on any atom is -0.399 e. The van der Waals surface area contributed by atoms with Gasteiger partial charge in [0.25, 0.3) is 0 Å². The summed E-state index contributed by atoms with van der Waals surface area (Å²) in [6, 6.07) is 7.59. The van der Waals surface area contributed by atoms with Crippen molar-refractivity contribution in [2.75, 3.05) is 18.8 Å². The third-order valence-corrected chi connectivity index (χ3v) is 3.56. The zero-order valence-electron chi connectivity index (χ0n) is 11.3. The molecule has 0 saturated carbocycles. The Morgan fingerprint density at radius 1 is 1.44 bits per heavy atom. The van der Waals surface area contributed by atoms with Crippen LogP contribution in [0.2, 0.25) is 0 Å². The fraction of sp³-hybridized carbons (Fsp3) is 0.533. The maximum Gasteiger partial charge on any atom is 0.227 e. The van der Waals surface area contributed by atoms with E-state index in [9.17, 15) is 4.79 Å². The predicted molar refractivity (Wildman–Crippen MR) is 74.2 cm³/mol. The van der Waals surface area contributed by atoms with Crippen LogP contribution in [0.5, 0.6) is 0 Å². The van der Waals surface area contributed by atoms with Gasteiger partial charge in [0.1, 0.15) is 0 Å². The fourth-order valence-electron chi connectivity index (χ4n) is 2.63. The highest BCUT2D eigenvalue weighted by atomic mass is 16.2. The van der Waals surface area contributed by atoms with Gasteiger partial charge in [-0.05, 0) is 36.0 Å². The number of piperidine rings is 1. The van der Waals surface area contributed by atoms with E-state index in [1.165, 1.54) is 6.42 Å². The van der Waals surface area contributed by atoms with E-state index in [-0.39, 0.29) is 11.3 Å². The number of anilines is 1. The number of rotatable bonds is 2. The molecule has 0 bridgehead atoms. The number of hydrogen-bond acceptors (Lipinski definition) is 2. The summed E-state index contributed by atoms with van der Waals surface area (Å²) in [5.74, 6) is 0.216. The fourth-order valence-corrected chi connectivity index (χ4v) is 2.63. The quantitative estimate of drug-likeness (QED) is 0.815. The molecule has 1 aromatic rings. The lowest BCUT2D eigenvalue weighted by Crippen LogP contribution is -2.44. The van der Waals surface area contributed by atoms with Gasteiger partial charge in [0.15, 0.2) is 0 Å². The smallest absolute Gasteiger partial charge is 0.227 e. The van der Waals surface area contributed by atoms with Crippen molar-refractivity contribution in [3.05, 3.63) is 29.8 Å². The van der Waals surface area contributed by atoms with Crippen LogP contribution in [0.3, 0.4) is 0 Å². The van der Waals surface area contributed by atoms with Gasteiger partial charge in [-0.25, -0.2) is 0 Å². The van der Waals surface area contributed by atoms with Crippen LogP contribution in [-0.2, 0) is 11.2 Å². The van der Waals surface area contributed by atoms with Gasteiger partial charge in [-0.2, -0.15) is 0 Å². The highest BCUT2D eigenvalue weighted by molar-refractivity contribution is 5.79. The van der Waals surface area contributed by atoms with Crippen LogP contribution in [0.1, 0.15) is 32.3 Å². The first-order valence-electron chi connectivity index (χ1n) is 6.58. The Morgan fingerprint density at radius 3 is 2.89 bits per heavy atom. The lowest BCUT2D eigenvalue weighted by molar-refractivity contribution is -0.133. The number of nitrogens with two attached hydrogens (primary N) is 1. The Balaban J connectivity index is 2.00. The molecule has 0 spiro atoms. The normalized spacial score (nSPS) is 18.7.